The number of carbonyl (C=O) groups excluding carboxylic acids is 4. The lowest BCUT2D eigenvalue weighted by Crippen LogP contribution is -2.61. The second kappa shape index (κ2) is 18.1. The molecule has 3 aliphatic heterocycles. The van der Waals surface area contributed by atoms with Crippen molar-refractivity contribution >= 4 is 23.9 Å². The molecule has 3 saturated heterocycles. The van der Waals surface area contributed by atoms with Crippen LogP contribution in [0, 0.1) is 22.7 Å². The van der Waals surface area contributed by atoms with Crippen molar-refractivity contribution in [2.24, 2.45) is 22.7 Å². The summed E-state index contributed by atoms with van der Waals surface area (Å²) in [4.78, 5) is 65.5. The summed E-state index contributed by atoms with van der Waals surface area (Å²) < 4.78 is 25.4. The molecule has 4 rings (SSSR count). The number of allylic oxidation sites excluding steroid dienone is 2. The van der Waals surface area contributed by atoms with Gasteiger partial charge in [-0.3, -0.25) is 33.9 Å². The summed E-state index contributed by atoms with van der Waals surface area (Å²) in [5.74, 6) is -5.28. The summed E-state index contributed by atoms with van der Waals surface area (Å²) in [6.07, 6.45) is 5.27. The first-order valence-electron chi connectivity index (χ1n) is 23.7. The van der Waals surface area contributed by atoms with E-state index in [1.165, 1.54) is 5.57 Å². The van der Waals surface area contributed by atoms with Gasteiger partial charge in [0.15, 0.2) is 0 Å². The number of piperidine rings is 3. The third-order valence-electron chi connectivity index (χ3n) is 16.1. The van der Waals surface area contributed by atoms with Gasteiger partial charge in [-0.25, -0.2) is 0 Å². The number of hydrogen-bond donors (Lipinski definition) is 0. The SMILES string of the molecule is CCC1=CC(C)(C)CC(OC(=O)CC(C(=O)OC2CC(C)(C)N(C)C(C)(C)C2)C(CC(=O)OC2CC(C)(C)N(C)C(C)(C)C2)C(=O)OC2CC(C)(C)N(C)C(C)(C)C2)CC1(C)C. The van der Waals surface area contributed by atoms with Crippen molar-refractivity contribution in [1.29, 1.82) is 0 Å². The Labute approximate surface area is 377 Å². The smallest absolute Gasteiger partial charge is 0.310 e. The highest BCUT2D eigenvalue weighted by Crippen LogP contribution is 2.45. The number of ether oxygens (including phenoxy) is 4. The first-order chi connectivity index (χ1) is 27.9. The molecule has 1 aliphatic carbocycles. The van der Waals surface area contributed by atoms with Crippen LogP contribution in [0.25, 0.3) is 0 Å². The molecule has 3 fully saturated rings. The lowest BCUT2D eigenvalue weighted by atomic mass is 9.78. The fourth-order valence-electron chi connectivity index (χ4n) is 11.9. The fourth-order valence-corrected chi connectivity index (χ4v) is 11.9. The summed E-state index contributed by atoms with van der Waals surface area (Å²) in [5, 5.41) is 0. The molecule has 0 N–H and O–H groups in total. The van der Waals surface area contributed by atoms with Gasteiger partial charge in [-0.05, 0) is 134 Å². The number of nitrogens with zero attached hydrogens (tertiary/aromatic N) is 3. The van der Waals surface area contributed by atoms with Crippen LogP contribution in [0.2, 0.25) is 0 Å². The molecule has 0 amide bonds. The largest absolute Gasteiger partial charge is 0.462 e. The van der Waals surface area contributed by atoms with Gasteiger partial charge in [0.25, 0.3) is 0 Å². The Morgan fingerprint density at radius 3 is 1.05 bits per heavy atom. The number of esters is 4. The Morgan fingerprint density at radius 1 is 0.484 bits per heavy atom. The molecule has 0 spiro atoms. The maximum absolute atomic E-state index is 14.9. The summed E-state index contributed by atoms with van der Waals surface area (Å²) in [7, 11) is 6.26. The van der Waals surface area contributed by atoms with Crippen LogP contribution in [0.1, 0.15) is 188 Å². The van der Waals surface area contributed by atoms with Crippen LogP contribution < -0.4 is 0 Å². The minimum absolute atomic E-state index is 0.206. The molecule has 0 aromatic rings. The van der Waals surface area contributed by atoms with Crippen LogP contribution in [-0.4, -0.2) is 117 Å². The first kappa shape index (κ1) is 52.1. The van der Waals surface area contributed by atoms with Gasteiger partial charge < -0.3 is 18.9 Å². The van der Waals surface area contributed by atoms with Crippen LogP contribution >= 0.6 is 0 Å². The number of carbonyl (C=O) groups is 4. The van der Waals surface area contributed by atoms with Crippen molar-refractivity contribution in [2.45, 2.75) is 246 Å². The van der Waals surface area contributed by atoms with Crippen LogP contribution in [0.4, 0.5) is 0 Å². The van der Waals surface area contributed by atoms with Crippen LogP contribution in [0.15, 0.2) is 11.6 Å². The predicted octanol–water partition coefficient (Wildman–Crippen LogP) is 9.68. The van der Waals surface area contributed by atoms with Gasteiger partial charge in [0, 0.05) is 71.8 Å². The van der Waals surface area contributed by atoms with Gasteiger partial charge in [0.1, 0.15) is 24.4 Å². The van der Waals surface area contributed by atoms with E-state index < -0.39 is 73.0 Å². The van der Waals surface area contributed by atoms with E-state index in [0.717, 1.165) is 6.42 Å². The molecule has 0 saturated carbocycles. The lowest BCUT2D eigenvalue weighted by Gasteiger charge is -2.53. The maximum Gasteiger partial charge on any atom is 0.310 e. The molecule has 11 nitrogen and oxygen atoms in total. The maximum atomic E-state index is 14.9. The predicted molar refractivity (Wildman–Crippen MR) is 246 cm³/mol. The van der Waals surface area contributed by atoms with Crippen LogP contribution in [-0.2, 0) is 38.1 Å². The second-order valence-electron chi connectivity index (χ2n) is 25.0. The van der Waals surface area contributed by atoms with E-state index in [0.29, 0.717) is 51.4 Å². The third kappa shape index (κ3) is 12.2. The highest BCUT2D eigenvalue weighted by atomic mass is 16.6. The van der Waals surface area contributed by atoms with E-state index in [-0.39, 0.29) is 44.1 Å². The average Bonchev–Trinajstić information content (AvgIpc) is 3.16. The number of likely N-dealkylation sites (tertiary alicyclic amines) is 3. The van der Waals surface area contributed by atoms with Gasteiger partial charge >= 0.3 is 23.9 Å². The Hall–Kier alpha value is -2.50. The Bertz CT molecular complexity index is 1630. The van der Waals surface area contributed by atoms with Gasteiger partial charge in [-0.15, -0.1) is 0 Å². The molecule has 62 heavy (non-hydrogen) atoms. The second-order valence-corrected chi connectivity index (χ2v) is 25.0. The van der Waals surface area contributed by atoms with Crippen molar-refractivity contribution in [3.8, 4) is 0 Å². The normalized spacial score (nSPS) is 28.4. The minimum Gasteiger partial charge on any atom is -0.462 e. The summed E-state index contributed by atoms with van der Waals surface area (Å²) in [6.45, 7) is 36.4. The monoisotopic (exact) mass is 872 g/mol. The summed E-state index contributed by atoms with van der Waals surface area (Å²) in [6, 6.07) is 0. The zero-order valence-corrected chi connectivity index (χ0v) is 42.9. The molecule has 3 unspecified atom stereocenters. The van der Waals surface area contributed by atoms with Crippen LogP contribution in [0.3, 0.4) is 0 Å². The van der Waals surface area contributed by atoms with E-state index >= 15 is 0 Å². The quantitative estimate of drug-likeness (QED) is 0.106. The molecule has 4 aliphatic rings. The molecule has 3 heterocycles. The highest BCUT2D eigenvalue weighted by molar-refractivity contribution is 5.89. The van der Waals surface area contributed by atoms with Crippen molar-refractivity contribution in [3.63, 3.8) is 0 Å². The van der Waals surface area contributed by atoms with Gasteiger partial charge in [0.05, 0.1) is 24.7 Å². The van der Waals surface area contributed by atoms with E-state index in [2.05, 4.69) is 160 Å². The zero-order chi connectivity index (χ0) is 47.4. The van der Waals surface area contributed by atoms with Crippen molar-refractivity contribution in [3.05, 3.63) is 11.6 Å². The van der Waals surface area contributed by atoms with Crippen LogP contribution in [0.5, 0.6) is 0 Å². The summed E-state index contributed by atoms with van der Waals surface area (Å²) >= 11 is 0. The summed E-state index contributed by atoms with van der Waals surface area (Å²) in [5.41, 5.74) is -0.785. The third-order valence-corrected chi connectivity index (χ3v) is 16.1. The van der Waals surface area contributed by atoms with Gasteiger partial charge in [-0.2, -0.15) is 0 Å². The lowest BCUT2D eigenvalue weighted by molar-refractivity contribution is -0.182. The molecular formula is C51H89N3O8. The van der Waals surface area contributed by atoms with E-state index in [1.807, 2.05) is 0 Å². The molecule has 0 radical (unpaired) electrons. The van der Waals surface area contributed by atoms with Crippen molar-refractivity contribution in [2.75, 3.05) is 21.1 Å². The standard InChI is InChI=1S/C51H89N3O8/c1-21-33-24-44(2,3)25-34(26-45(33,4)5)59-40(55)22-38(42(57)61-36-29-48(10,11)53(19)49(12,13)30-36)39(43(58)62-37-31-50(14,15)54(20)51(16,17)32-37)23-41(56)60-35-27-46(6,7)52(18)47(8,9)28-35/h24,34-39H,21-23,25-32H2,1-20H3. The Balaban J connectivity index is 1.74. The molecule has 11 heteroatoms. The molecule has 0 aromatic carbocycles. The fraction of sp³-hybridized carbons (Fsp3) is 0.882. The number of rotatable bonds is 12. The van der Waals surface area contributed by atoms with E-state index in [9.17, 15) is 19.2 Å². The first-order valence-corrected chi connectivity index (χ1v) is 23.7. The van der Waals surface area contributed by atoms with Crippen molar-refractivity contribution < 1.29 is 38.1 Å². The van der Waals surface area contributed by atoms with E-state index in [1.54, 1.807) is 0 Å². The molecule has 0 aromatic heterocycles. The molecule has 0 bridgehead atoms. The average molecular weight is 872 g/mol. The topological polar surface area (TPSA) is 115 Å². The highest BCUT2D eigenvalue weighted by Gasteiger charge is 2.50. The van der Waals surface area contributed by atoms with E-state index in [4.69, 9.17) is 18.9 Å². The Morgan fingerprint density at radius 2 is 0.758 bits per heavy atom. The molecule has 3 atom stereocenters. The minimum atomic E-state index is -1.35. The van der Waals surface area contributed by atoms with Gasteiger partial charge in [0.2, 0.25) is 0 Å². The number of hydrogen-bond acceptors (Lipinski definition) is 11. The molecule has 356 valence electrons. The Kier molecular flexibility index (Phi) is 15.2. The zero-order valence-electron chi connectivity index (χ0n) is 42.9. The molecular weight excluding hydrogens is 783 g/mol. The van der Waals surface area contributed by atoms with Crippen molar-refractivity contribution in [1.82, 2.24) is 14.7 Å². The van der Waals surface area contributed by atoms with Gasteiger partial charge in [-0.1, -0.05) is 46.3 Å².